The Morgan fingerprint density at radius 1 is 0.323 bits per heavy atom. The Hall–Kier alpha value is 1.60. The van der Waals surface area contributed by atoms with Gasteiger partial charge in [0.25, 0.3) is 0 Å². The molecular weight excluding hydrogens is 1120 g/mol. The molecule has 0 atom stereocenters. The van der Waals surface area contributed by atoms with Crippen molar-refractivity contribution in [3.8, 4) is 0 Å². The van der Waals surface area contributed by atoms with E-state index in [1.54, 1.807) is 0 Å². The van der Waals surface area contributed by atoms with E-state index in [0.717, 1.165) is 0 Å². The summed E-state index contributed by atoms with van der Waals surface area (Å²) in [4.78, 5) is 11.6. The first kappa shape index (κ1) is 42.7. The molecule has 0 fully saturated rings. The van der Waals surface area contributed by atoms with E-state index >= 15 is 0 Å². The number of aromatic amines is 4. The quantitative estimate of drug-likeness (QED) is 0.124. The Balaban J connectivity index is -0.0000000894. The van der Waals surface area contributed by atoms with E-state index in [1.807, 2.05) is 122 Å². The molecule has 4 aromatic heterocycles. The minimum Gasteiger partial charge on any atom is -0.218 e. The van der Waals surface area contributed by atoms with E-state index in [-0.39, 0.29) is 106 Å². The standard InChI is InChI=1S/4C5H5N.6HI.Zn/c4*1-2-4-6-5-3-1;;;;;;;/h4*1-5H;6*1H;/q;;;;;;;;;;+2/p-2. The van der Waals surface area contributed by atoms with Crippen LogP contribution in [0.5, 0.6) is 0 Å². The van der Waals surface area contributed by atoms with Crippen LogP contribution in [0.2, 0.25) is 0 Å². The van der Waals surface area contributed by atoms with Crippen molar-refractivity contribution in [2.45, 2.75) is 0 Å². The SMILES string of the molecule is [I-].[I-].[I-].[I-].[I][Zn][I].c1cc[nH+]cc1.c1cc[nH+]cc1.c1cc[nH+]cc1.c1cc[nH+]cc1. The van der Waals surface area contributed by atoms with E-state index in [1.165, 1.54) is 0 Å². The largest absolute Gasteiger partial charge is 0.218 e. The molecule has 0 aromatic carbocycles. The Kier molecular flexibility index (Phi) is 57.7. The number of hydrogen-bond acceptors (Lipinski definition) is 0. The van der Waals surface area contributed by atoms with Crippen LogP contribution in [0, 0.1) is 0 Å². The van der Waals surface area contributed by atoms with Crippen molar-refractivity contribution in [2.75, 3.05) is 0 Å². The molecule has 4 N–H and O–H groups in total. The second-order valence-electron chi connectivity index (χ2n) is 4.41. The number of rotatable bonds is 0. The molecule has 0 unspecified atom stereocenters. The normalized spacial score (nSPS) is 6.52. The summed E-state index contributed by atoms with van der Waals surface area (Å²) < 4.78 is 0. The molecule has 0 radical (unpaired) electrons. The van der Waals surface area contributed by atoms with Gasteiger partial charge >= 0.3 is 49.6 Å². The third-order valence-corrected chi connectivity index (χ3v) is 2.43. The second kappa shape index (κ2) is 41.8. The Labute approximate surface area is 282 Å². The fraction of sp³-hybridized carbons (Fsp3) is 0. The van der Waals surface area contributed by atoms with Gasteiger partial charge in [-0.05, 0) is 0 Å². The van der Waals surface area contributed by atoms with Crippen LogP contribution >= 0.6 is 39.5 Å². The smallest absolute Gasteiger partial charge is 0.166 e. The molecule has 11 heteroatoms. The van der Waals surface area contributed by atoms with Gasteiger partial charge in [0.05, 0.1) is 0 Å². The first-order valence-corrected chi connectivity index (χ1v) is 26.3. The van der Waals surface area contributed by atoms with Crippen LogP contribution in [0.15, 0.2) is 122 Å². The summed E-state index contributed by atoms with van der Waals surface area (Å²) >= 11 is 4.93. The van der Waals surface area contributed by atoms with Crippen molar-refractivity contribution in [3.63, 3.8) is 0 Å². The second-order valence-corrected chi connectivity index (χ2v) is 27.9. The topological polar surface area (TPSA) is 56.6 Å². The van der Waals surface area contributed by atoms with Crippen LogP contribution in [-0.2, 0) is 10.1 Å². The molecule has 0 spiro atoms. The maximum Gasteiger partial charge on any atom is 0.166 e. The van der Waals surface area contributed by atoms with Crippen molar-refractivity contribution < 1.29 is 126 Å². The first-order valence-electron chi connectivity index (χ1n) is 8.18. The summed E-state index contributed by atoms with van der Waals surface area (Å²) in [7, 11) is 0.0650. The van der Waals surface area contributed by atoms with E-state index in [0.29, 0.717) is 0 Å². The van der Waals surface area contributed by atoms with Gasteiger partial charge in [-0.15, -0.1) is 0 Å². The third-order valence-electron chi connectivity index (χ3n) is 2.43. The Morgan fingerprint density at radius 3 is 0.484 bits per heavy atom. The molecule has 0 aliphatic carbocycles. The molecule has 4 rings (SSSR count). The van der Waals surface area contributed by atoms with E-state index in [2.05, 4.69) is 59.4 Å². The number of nitrogens with one attached hydrogen (secondary N) is 4. The van der Waals surface area contributed by atoms with Gasteiger partial charge in [-0.25, -0.2) is 19.9 Å². The van der Waals surface area contributed by atoms with Gasteiger partial charge in [0, 0.05) is 48.5 Å². The van der Waals surface area contributed by atoms with Gasteiger partial charge in [0.15, 0.2) is 49.6 Å². The predicted octanol–water partition coefficient (Wildman–Crippen LogP) is -8.21. The van der Waals surface area contributed by atoms with Gasteiger partial charge in [-0.3, -0.25) is 0 Å². The van der Waals surface area contributed by atoms with Crippen LogP contribution in [-0.4, -0.2) is 0 Å². The molecule has 4 nitrogen and oxygen atoms in total. The minimum atomic E-state index is 0. The first-order chi connectivity index (χ1) is 13.4. The molecule has 0 bridgehead atoms. The zero-order valence-corrected chi connectivity index (χ0v) is 32.4. The fourth-order valence-electron chi connectivity index (χ4n) is 1.37. The third kappa shape index (κ3) is 42.2. The average Bonchev–Trinajstić information content (AvgIpc) is 2.80. The van der Waals surface area contributed by atoms with Crippen molar-refractivity contribution in [3.05, 3.63) is 122 Å². The summed E-state index contributed by atoms with van der Waals surface area (Å²) in [6.07, 6.45) is 15.0. The Morgan fingerprint density at radius 2 is 0.452 bits per heavy atom. The van der Waals surface area contributed by atoms with E-state index < -0.39 is 0 Å². The van der Waals surface area contributed by atoms with Crippen LogP contribution in [0.25, 0.3) is 0 Å². The van der Waals surface area contributed by atoms with Crippen molar-refractivity contribution in [2.24, 2.45) is 0 Å². The van der Waals surface area contributed by atoms with Crippen LogP contribution in [0.1, 0.15) is 0 Å². The zero-order chi connectivity index (χ0) is 19.7. The number of hydrogen-bond donors (Lipinski definition) is 0. The summed E-state index contributed by atoms with van der Waals surface area (Å²) in [6, 6.07) is 23.4. The molecule has 4 heterocycles. The van der Waals surface area contributed by atoms with Crippen LogP contribution < -0.4 is 116 Å². The van der Waals surface area contributed by atoms with Gasteiger partial charge < -0.3 is 95.9 Å². The molecule has 0 saturated carbocycles. The van der Waals surface area contributed by atoms with E-state index in [9.17, 15) is 0 Å². The molecule has 168 valence electrons. The molecule has 0 saturated heterocycles. The van der Waals surface area contributed by atoms with Crippen LogP contribution in [0.3, 0.4) is 0 Å². The molecule has 0 aliphatic heterocycles. The number of pyridine rings is 4. The monoisotopic (exact) mass is 1150 g/mol. The van der Waals surface area contributed by atoms with Gasteiger partial charge in [0.2, 0.25) is 0 Å². The zero-order valence-electron chi connectivity index (χ0n) is 16.5. The molecule has 31 heavy (non-hydrogen) atoms. The Bertz CT molecular complexity index is 472. The van der Waals surface area contributed by atoms with Gasteiger partial charge in [-0.1, -0.05) is 24.3 Å². The average molecular weight is 1150 g/mol. The number of aromatic nitrogens is 4. The van der Waals surface area contributed by atoms with Gasteiger partial charge in [0.1, 0.15) is 0 Å². The summed E-state index contributed by atoms with van der Waals surface area (Å²) in [5.41, 5.74) is 0. The molecule has 0 amide bonds. The van der Waals surface area contributed by atoms with Crippen LogP contribution in [0.4, 0.5) is 0 Å². The maximum atomic E-state index is 2.89. The van der Waals surface area contributed by atoms with E-state index in [4.69, 9.17) is 0 Å². The molecular formula is C20H24I6N4Zn. The summed E-state index contributed by atoms with van der Waals surface area (Å²) in [6.45, 7) is 0. The predicted molar refractivity (Wildman–Crippen MR) is 120 cm³/mol. The summed E-state index contributed by atoms with van der Waals surface area (Å²) in [5, 5.41) is 0. The molecule has 4 aromatic rings. The number of halogens is 6. The van der Waals surface area contributed by atoms with Crippen molar-refractivity contribution in [1.29, 1.82) is 0 Å². The van der Waals surface area contributed by atoms with Crippen molar-refractivity contribution in [1.82, 2.24) is 0 Å². The minimum absolute atomic E-state index is 0. The number of H-pyrrole nitrogens is 4. The summed E-state index contributed by atoms with van der Waals surface area (Å²) in [5.74, 6) is 0. The fourth-order valence-corrected chi connectivity index (χ4v) is 1.37. The van der Waals surface area contributed by atoms with Crippen molar-refractivity contribution >= 4 is 39.5 Å². The van der Waals surface area contributed by atoms with Gasteiger partial charge in [-0.2, -0.15) is 0 Å². The maximum absolute atomic E-state index is 2.89. The molecule has 0 aliphatic rings.